The van der Waals surface area contributed by atoms with E-state index >= 15 is 0 Å². The van der Waals surface area contributed by atoms with Gasteiger partial charge < -0.3 is 9.72 Å². The summed E-state index contributed by atoms with van der Waals surface area (Å²) in [5.41, 5.74) is -2.57. The highest BCUT2D eigenvalue weighted by Gasteiger charge is 2.60. The standard InChI is InChI=1S/C28H27F3N2O3S/c1-27(2,16-21-15-23(21)37(34,35)28(29,30)31)26-32-24(17-7-5-4-6-8-17)25(33-26)20-10-9-19-14-22(36-3)12-11-18(19)13-20/h4-14,21,23H,15-16H2,1-3H3,(H,32,33)/t21?,23-/m1/s1. The summed E-state index contributed by atoms with van der Waals surface area (Å²) in [6.07, 6.45) is 0.282. The Hall–Kier alpha value is -3.33. The number of rotatable bonds is 7. The molecule has 37 heavy (non-hydrogen) atoms. The van der Waals surface area contributed by atoms with Gasteiger partial charge in [0.2, 0.25) is 0 Å². The number of H-pyrrole nitrogens is 1. The molecule has 3 aromatic carbocycles. The molecule has 0 bridgehead atoms. The van der Waals surface area contributed by atoms with Crippen molar-refractivity contribution in [3.05, 3.63) is 72.6 Å². The van der Waals surface area contributed by atoms with Crippen molar-refractivity contribution in [1.82, 2.24) is 9.97 Å². The molecule has 1 aliphatic carbocycles. The van der Waals surface area contributed by atoms with Gasteiger partial charge in [-0.15, -0.1) is 0 Å². The van der Waals surface area contributed by atoms with Gasteiger partial charge in [0.15, 0.2) is 0 Å². The van der Waals surface area contributed by atoms with Crippen molar-refractivity contribution in [1.29, 1.82) is 0 Å². The van der Waals surface area contributed by atoms with Gasteiger partial charge in [-0.3, -0.25) is 0 Å². The minimum Gasteiger partial charge on any atom is -0.497 e. The lowest BCUT2D eigenvalue weighted by Gasteiger charge is -2.22. The van der Waals surface area contributed by atoms with Crippen molar-refractivity contribution in [2.45, 2.75) is 42.9 Å². The SMILES string of the molecule is COc1ccc2cc(-c3nc(C(C)(C)CC4C[C@H]4S(=O)(=O)C(F)(F)F)[nH]c3-c3ccccc3)ccc2c1. The third-order valence-corrected chi connectivity index (χ3v) is 9.10. The van der Waals surface area contributed by atoms with Crippen LogP contribution in [0.4, 0.5) is 13.2 Å². The molecule has 2 atom stereocenters. The Morgan fingerprint density at radius 2 is 1.65 bits per heavy atom. The highest BCUT2D eigenvalue weighted by Crippen LogP contribution is 2.50. The van der Waals surface area contributed by atoms with E-state index in [0.29, 0.717) is 5.82 Å². The lowest BCUT2D eigenvalue weighted by Crippen LogP contribution is -2.29. The number of imidazole rings is 1. The molecule has 1 saturated carbocycles. The van der Waals surface area contributed by atoms with Gasteiger partial charge in [0.1, 0.15) is 11.6 Å². The maximum Gasteiger partial charge on any atom is 0.497 e. The average molecular weight is 529 g/mol. The number of nitrogens with zero attached hydrogens (tertiary/aromatic N) is 1. The summed E-state index contributed by atoms with van der Waals surface area (Å²) in [5, 5.41) is 0.651. The Morgan fingerprint density at radius 1 is 0.973 bits per heavy atom. The van der Waals surface area contributed by atoms with Gasteiger partial charge in [0, 0.05) is 16.5 Å². The van der Waals surface area contributed by atoms with Crippen molar-refractivity contribution >= 4 is 20.6 Å². The van der Waals surface area contributed by atoms with Gasteiger partial charge in [0.05, 0.1) is 23.7 Å². The molecule has 0 saturated heterocycles. The van der Waals surface area contributed by atoms with Crippen molar-refractivity contribution in [3.8, 4) is 28.3 Å². The lowest BCUT2D eigenvalue weighted by molar-refractivity contribution is -0.0438. The van der Waals surface area contributed by atoms with E-state index in [1.807, 2.05) is 80.6 Å². The molecule has 1 aliphatic rings. The van der Waals surface area contributed by atoms with E-state index in [1.165, 1.54) is 0 Å². The van der Waals surface area contributed by atoms with E-state index < -0.39 is 31.9 Å². The van der Waals surface area contributed by atoms with Crippen molar-refractivity contribution in [2.24, 2.45) is 5.92 Å². The zero-order valence-corrected chi connectivity index (χ0v) is 21.5. The minimum absolute atomic E-state index is 0.0124. The number of ether oxygens (including phenoxy) is 1. The van der Waals surface area contributed by atoms with Crippen LogP contribution in [0.5, 0.6) is 5.75 Å². The first kappa shape index (κ1) is 25.3. The molecule has 4 aromatic rings. The number of hydrogen-bond donors (Lipinski definition) is 1. The topological polar surface area (TPSA) is 72.0 Å². The van der Waals surface area contributed by atoms with E-state index in [0.717, 1.165) is 39.0 Å². The lowest BCUT2D eigenvalue weighted by atomic mass is 9.86. The highest BCUT2D eigenvalue weighted by molar-refractivity contribution is 7.93. The van der Waals surface area contributed by atoms with E-state index in [4.69, 9.17) is 9.72 Å². The molecule has 1 aromatic heterocycles. The Bertz CT molecular complexity index is 1560. The maximum absolute atomic E-state index is 13.0. The van der Waals surface area contributed by atoms with Crippen LogP contribution in [0.25, 0.3) is 33.3 Å². The number of methoxy groups -OCH3 is 1. The number of aromatic nitrogens is 2. The van der Waals surface area contributed by atoms with Gasteiger partial charge in [-0.1, -0.05) is 62.4 Å². The second kappa shape index (κ2) is 8.90. The van der Waals surface area contributed by atoms with Crippen LogP contribution in [-0.4, -0.2) is 36.3 Å². The number of hydrogen-bond acceptors (Lipinski definition) is 4. The molecule has 5 rings (SSSR count). The predicted octanol–water partition coefficient (Wildman–Crippen LogP) is 6.90. The van der Waals surface area contributed by atoms with Crippen molar-refractivity contribution < 1.29 is 26.3 Å². The minimum atomic E-state index is -5.23. The van der Waals surface area contributed by atoms with E-state index in [1.54, 1.807) is 7.11 Å². The molecule has 0 radical (unpaired) electrons. The second-order valence-corrected chi connectivity index (χ2v) is 12.4. The van der Waals surface area contributed by atoms with Crippen LogP contribution in [0.15, 0.2) is 66.7 Å². The summed E-state index contributed by atoms with van der Waals surface area (Å²) in [6, 6.07) is 21.5. The third-order valence-electron chi connectivity index (χ3n) is 7.08. The monoisotopic (exact) mass is 528 g/mol. The summed E-state index contributed by atoms with van der Waals surface area (Å²) in [5.74, 6) is 0.803. The van der Waals surface area contributed by atoms with Gasteiger partial charge in [-0.25, -0.2) is 13.4 Å². The van der Waals surface area contributed by atoms with Crippen LogP contribution in [-0.2, 0) is 15.3 Å². The molecule has 1 N–H and O–H groups in total. The normalized spacial score (nSPS) is 18.2. The molecule has 1 fully saturated rings. The number of nitrogens with one attached hydrogen (secondary N) is 1. The zero-order chi connectivity index (χ0) is 26.6. The number of benzene rings is 3. The molecular formula is C28H27F3N2O3S. The number of alkyl halides is 3. The Morgan fingerprint density at radius 3 is 2.32 bits per heavy atom. The maximum atomic E-state index is 13.0. The molecule has 9 heteroatoms. The zero-order valence-electron chi connectivity index (χ0n) is 20.6. The Labute approximate surface area is 213 Å². The first-order valence-electron chi connectivity index (χ1n) is 11.9. The number of halogens is 3. The quantitative estimate of drug-likeness (QED) is 0.283. The fourth-order valence-corrected chi connectivity index (χ4v) is 6.40. The number of sulfone groups is 1. The molecule has 5 nitrogen and oxygen atoms in total. The molecule has 0 spiro atoms. The van der Waals surface area contributed by atoms with Crippen LogP contribution < -0.4 is 4.74 Å². The van der Waals surface area contributed by atoms with Gasteiger partial charge in [-0.05, 0) is 47.7 Å². The number of fused-ring (bicyclic) bond motifs is 1. The van der Waals surface area contributed by atoms with Gasteiger partial charge in [0.25, 0.3) is 9.84 Å². The molecular weight excluding hydrogens is 501 g/mol. The molecule has 1 heterocycles. The number of aromatic amines is 1. The summed E-state index contributed by atoms with van der Waals surface area (Å²) in [4.78, 5) is 8.35. The van der Waals surface area contributed by atoms with Gasteiger partial charge in [-0.2, -0.15) is 13.2 Å². The van der Waals surface area contributed by atoms with Crippen molar-refractivity contribution in [3.63, 3.8) is 0 Å². The predicted molar refractivity (Wildman–Crippen MR) is 138 cm³/mol. The fourth-order valence-electron chi connectivity index (χ4n) is 4.95. The van der Waals surface area contributed by atoms with Crippen LogP contribution in [0.1, 0.15) is 32.5 Å². The summed E-state index contributed by atoms with van der Waals surface area (Å²) >= 11 is 0. The van der Waals surface area contributed by atoms with E-state index in [-0.39, 0.29) is 12.8 Å². The van der Waals surface area contributed by atoms with Crippen molar-refractivity contribution in [2.75, 3.05) is 7.11 Å². The largest absolute Gasteiger partial charge is 0.497 e. The van der Waals surface area contributed by atoms with Crippen LogP contribution in [0.2, 0.25) is 0 Å². The average Bonchev–Trinajstić information content (AvgIpc) is 3.47. The van der Waals surface area contributed by atoms with Crippen LogP contribution in [0, 0.1) is 5.92 Å². The van der Waals surface area contributed by atoms with Crippen LogP contribution in [0.3, 0.4) is 0 Å². The molecule has 1 unspecified atom stereocenters. The van der Waals surface area contributed by atoms with Crippen LogP contribution >= 0.6 is 0 Å². The molecule has 0 amide bonds. The summed E-state index contributed by atoms with van der Waals surface area (Å²) < 4.78 is 68.1. The summed E-state index contributed by atoms with van der Waals surface area (Å²) in [6.45, 7) is 3.76. The van der Waals surface area contributed by atoms with E-state index in [9.17, 15) is 21.6 Å². The van der Waals surface area contributed by atoms with E-state index in [2.05, 4.69) is 4.98 Å². The first-order chi connectivity index (χ1) is 17.4. The second-order valence-electron chi connectivity index (χ2n) is 10.2. The highest BCUT2D eigenvalue weighted by atomic mass is 32.2. The fraction of sp³-hybridized carbons (Fsp3) is 0.321. The molecule has 194 valence electrons. The Balaban J connectivity index is 1.52. The van der Waals surface area contributed by atoms with Gasteiger partial charge >= 0.3 is 5.51 Å². The molecule has 0 aliphatic heterocycles. The summed E-state index contributed by atoms with van der Waals surface area (Å²) in [7, 11) is -3.54. The third kappa shape index (κ3) is 4.72. The Kier molecular flexibility index (Phi) is 6.09. The smallest absolute Gasteiger partial charge is 0.497 e. The first-order valence-corrected chi connectivity index (χ1v) is 13.5.